The van der Waals surface area contributed by atoms with Gasteiger partial charge in [-0.2, -0.15) is 9.97 Å². The largest absolute Gasteiger partial charge is 0.353 e. The molecule has 0 amide bonds. The molecule has 6 aromatic rings. The van der Waals surface area contributed by atoms with Crippen molar-refractivity contribution in [3.05, 3.63) is 96.4 Å². The number of aromatic amines is 1. The topological polar surface area (TPSA) is 67.3 Å². The van der Waals surface area contributed by atoms with Crippen molar-refractivity contribution in [3.8, 4) is 34.0 Å². The van der Waals surface area contributed by atoms with E-state index in [0.717, 1.165) is 38.8 Å². The monoisotopic (exact) mass is 433 g/mol. The zero-order chi connectivity index (χ0) is 21.5. The van der Waals surface area contributed by atoms with Crippen LogP contribution in [0.5, 0.6) is 0 Å². The lowest BCUT2D eigenvalue weighted by molar-refractivity contribution is 1.07. The lowest BCUT2D eigenvalue weighted by Gasteiger charge is -2.07. The number of H-pyrrole nitrogens is 1. The van der Waals surface area contributed by atoms with E-state index in [1.54, 1.807) is 0 Å². The minimum Gasteiger partial charge on any atom is -0.353 e. The molecule has 3 heterocycles. The van der Waals surface area contributed by atoms with Crippen LogP contribution in [0.25, 0.3) is 55.8 Å². The Morgan fingerprint density at radius 1 is 0.594 bits per heavy atom. The summed E-state index contributed by atoms with van der Waals surface area (Å²) in [4.78, 5) is 21.4. The Balaban J connectivity index is 1.42. The third kappa shape index (κ3) is 3.20. The summed E-state index contributed by atoms with van der Waals surface area (Å²) in [5.41, 5.74) is 5.79. The summed E-state index contributed by atoms with van der Waals surface area (Å²) in [5, 5.41) is 2.52. The van der Waals surface area contributed by atoms with E-state index in [1.165, 1.54) is 5.39 Å². The maximum absolute atomic E-state index is 6.20. The summed E-state index contributed by atoms with van der Waals surface area (Å²) in [7, 11) is 0. The predicted molar refractivity (Wildman–Crippen MR) is 128 cm³/mol. The number of nitrogens with zero attached hydrogens (tertiary/aromatic N) is 4. The van der Waals surface area contributed by atoms with Gasteiger partial charge in [0.25, 0.3) is 0 Å². The number of rotatable bonds is 3. The molecule has 0 bridgehead atoms. The van der Waals surface area contributed by atoms with Gasteiger partial charge in [0.05, 0.1) is 11.2 Å². The second-order valence-corrected chi connectivity index (χ2v) is 7.79. The lowest BCUT2D eigenvalue weighted by Crippen LogP contribution is -1.97. The molecular formula is C26H16ClN5. The fourth-order valence-corrected chi connectivity index (χ4v) is 4.13. The van der Waals surface area contributed by atoms with Crippen molar-refractivity contribution in [1.82, 2.24) is 24.9 Å². The van der Waals surface area contributed by atoms with Gasteiger partial charge < -0.3 is 4.98 Å². The molecule has 32 heavy (non-hydrogen) atoms. The van der Waals surface area contributed by atoms with Gasteiger partial charge in [-0.25, -0.2) is 4.98 Å². The first-order chi connectivity index (χ1) is 15.8. The second kappa shape index (κ2) is 7.55. The number of benzene rings is 3. The van der Waals surface area contributed by atoms with Gasteiger partial charge in [-0.1, -0.05) is 72.8 Å². The molecule has 3 aromatic heterocycles. The van der Waals surface area contributed by atoms with Crippen LogP contribution in [0.4, 0.5) is 0 Å². The number of halogens is 1. The molecule has 0 saturated carbocycles. The van der Waals surface area contributed by atoms with Crippen molar-refractivity contribution >= 4 is 33.4 Å². The molecule has 3 aromatic carbocycles. The average Bonchev–Trinajstić information content (AvgIpc) is 3.23. The smallest absolute Gasteiger partial charge is 0.226 e. The number of hydrogen-bond donors (Lipinski definition) is 1. The van der Waals surface area contributed by atoms with Crippen molar-refractivity contribution in [3.63, 3.8) is 0 Å². The summed E-state index contributed by atoms with van der Waals surface area (Å²) in [6, 6.07) is 28.1. The Bertz CT molecular complexity index is 1570. The molecule has 0 aliphatic carbocycles. The van der Waals surface area contributed by atoms with E-state index >= 15 is 0 Å². The van der Waals surface area contributed by atoms with E-state index in [-0.39, 0.29) is 5.28 Å². The van der Waals surface area contributed by atoms with Crippen LogP contribution in [-0.4, -0.2) is 24.9 Å². The maximum Gasteiger partial charge on any atom is 0.226 e. The van der Waals surface area contributed by atoms with Gasteiger partial charge in [0, 0.05) is 39.2 Å². The van der Waals surface area contributed by atoms with Crippen molar-refractivity contribution in [2.24, 2.45) is 0 Å². The van der Waals surface area contributed by atoms with Crippen molar-refractivity contribution in [2.75, 3.05) is 0 Å². The first-order valence-electron chi connectivity index (χ1n) is 10.2. The molecule has 0 aliphatic rings. The first kappa shape index (κ1) is 18.7. The first-order valence-corrected chi connectivity index (χ1v) is 10.6. The van der Waals surface area contributed by atoms with Gasteiger partial charge >= 0.3 is 0 Å². The summed E-state index contributed by atoms with van der Waals surface area (Å²) in [6.45, 7) is 0. The molecule has 5 nitrogen and oxygen atoms in total. The third-order valence-electron chi connectivity index (χ3n) is 5.48. The molecule has 1 N–H and O–H groups in total. The second-order valence-electron chi connectivity index (χ2n) is 7.45. The molecule has 6 heteroatoms. The number of hydrogen-bond acceptors (Lipinski definition) is 4. The van der Waals surface area contributed by atoms with Gasteiger partial charge in [-0.15, -0.1) is 0 Å². The van der Waals surface area contributed by atoms with Crippen molar-refractivity contribution in [1.29, 1.82) is 0 Å². The number of fused-ring (bicyclic) bond motifs is 3. The number of nitrogens with one attached hydrogen (secondary N) is 1. The van der Waals surface area contributed by atoms with Gasteiger partial charge in [0.15, 0.2) is 11.6 Å². The normalized spacial score (nSPS) is 11.3. The van der Waals surface area contributed by atoms with Crippen LogP contribution in [-0.2, 0) is 0 Å². The van der Waals surface area contributed by atoms with E-state index in [9.17, 15) is 0 Å². The minimum absolute atomic E-state index is 0.169. The molecule has 0 fully saturated rings. The van der Waals surface area contributed by atoms with Gasteiger partial charge in [-0.3, -0.25) is 4.98 Å². The van der Waals surface area contributed by atoms with Crippen LogP contribution in [0, 0.1) is 0 Å². The summed E-state index contributed by atoms with van der Waals surface area (Å²) in [5.74, 6) is 1.08. The van der Waals surface area contributed by atoms with E-state index < -0.39 is 0 Å². The van der Waals surface area contributed by atoms with Crippen LogP contribution >= 0.6 is 11.6 Å². The number of para-hydroxylation sites is 1. The minimum atomic E-state index is 0.169. The molecule has 0 radical (unpaired) electrons. The lowest BCUT2D eigenvalue weighted by atomic mass is 10.1. The fraction of sp³-hybridized carbons (Fsp3) is 0. The molecule has 152 valence electrons. The van der Waals surface area contributed by atoms with Gasteiger partial charge in [-0.05, 0) is 23.7 Å². The standard InChI is InChI=1S/C26H16ClN5/c27-26-31-24(17-6-2-1-3-7-17)30-25(32-26)18-12-10-16(11-13-18)22-23-20(14-15-28-22)19-8-4-5-9-21(19)29-23/h1-15,29H. The Morgan fingerprint density at radius 2 is 1.25 bits per heavy atom. The average molecular weight is 434 g/mol. The Kier molecular flexibility index (Phi) is 4.40. The van der Waals surface area contributed by atoms with Crippen molar-refractivity contribution in [2.45, 2.75) is 0 Å². The molecule has 0 atom stereocenters. The summed E-state index contributed by atoms with van der Waals surface area (Å²) >= 11 is 6.20. The molecule has 0 unspecified atom stereocenters. The Hall–Kier alpha value is -4.09. The van der Waals surface area contributed by atoms with Crippen LogP contribution in [0.15, 0.2) is 91.1 Å². The predicted octanol–water partition coefficient (Wildman–Crippen LogP) is 6.56. The van der Waals surface area contributed by atoms with E-state index in [1.807, 2.05) is 79.0 Å². The zero-order valence-corrected chi connectivity index (χ0v) is 17.6. The zero-order valence-electron chi connectivity index (χ0n) is 16.8. The van der Waals surface area contributed by atoms with Crippen molar-refractivity contribution < 1.29 is 0 Å². The third-order valence-corrected chi connectivity index (χ3v) is 5.65. The van der Waals surface area contributed by atoms with Gasteiger partial charge in [0.2, 0.25) is 5.28 Å². The highest BCUT2D eigenvalue weighted by Gasteiger charge is 2.13. The fourth-order valence-electron chi connectivity index (χ4n) is 3.97. The number of pyridine rings is 1. The quantitative estimate of drug-likeness (QED) is 0.343. The maximum atomic E-state index is 6.20. The van der Waals surface area contributed by atoms with Crippen LogP contribution in [0.2, 0.25) is 5.28 Å². The van der Waals surface area contributed by atoms with Crippen LogP contribution in [0.3, 0.4) is 0 Å². The van der Waals surface area contributed by atoms with Crippen LogP contribution in [0.1, 0.15) is 0 Å². The van der Waals surface area contributed by atoms with Crippen LogP contribution < -0.4 is 0 Å². The van der Waals surface area contributed by atoms with E-state index in [2.05, 4.69) is 37.1 Å². The summed E-state index contributed by atoms with van der Waals surface area (Å²) in [6.07, 6.45) is 1.85. The highest BCUT2D eigenvalue weighted by atomic mass is 35.5. The molecule has 6 rings (SSSR count). The molecule has 0 spiro atoms. The highest BCUT2D eigenvalue weighted by molar-refractivity contribution is 6.28. The van der Waals surface area contributed by atoms with E-state index in [4.69, 9.17) is 11.6 Å². The highest BCUT2D eigenvalue weighted by Crippen LogP contribution is 2.32. The molecule has 0 aliphatic heterocycles. The molecule has 0 saturated heterocycles. The van der Waals surface area contributed by atoms with Gasteiger partial charge in [0.1, 0.15) is 0 Å². The Morgan fingerprint density at radius 3 is 2.03 bits per heavy atom. The number of aromatic nitrogens is 5. The Labute approximate surface area is 188 Å². The summed E-state index contributed by atoms with van der Waals surface area (Å²) < 4.78 is 0. The SMILES string of the molecule is Clc1nc(-c2ccccc2)nc(-c2ccc(-c3nccc4c3[nH]c3ccccc34)cc2)n1. The van der Waals surface area contributed by atoms with E-state index in [0.29, 0.717) is 11.6 Å². The molecular weight excluding hydrogens is 418 g/mol.